The Hall–Kier alpha value is -0.269. The molecule has 138 valence electrons. The molecule has 0 aromatic heterocycles. The molecular formula is C20H32BaO4. The number of benzene rings is 1. The largest absolute Gasteiger partial charge is 2.00 e. The Kier molecular flexibility index (Phi) is 13.7. The zero-order valence-corrected chi connectivity index (χ0v) is 19.8. The Bertz CT molecular complexity index is 498. The number of unbranched alkanes of at least 4 members (excludes halogenated alkanes) is 8. The van der Waals surface area contributed by atoms with Gasteiger partial charge in [0, 0.05) is 0 Å². The van der Waals surface area contributed by atoms with Crippen LogP contribution in [0, 0.1) is 0 Å². The first-order valence-corrected chi connectivity index (χ1v) is 9.08. The van der Waals surface area contributed by atoms with Crippen molar-refractivity contribution in [2.75, 3.05) is 0 Å². The topological polar surface area (TPSA) is 74.6 Å². The number of carbonyl (C=O) groups is 2. The Morgan fingerprint density at radius 2 is 1.28 bits per heavy atom. The second-order valence-electron chi connectivity index (χ2n) is 6.46. The summed E-state index contributed by atoms with van der Waals surface area (Å²) in [5, 5.41) is 19.2. The van der Waals surface area contributed by atoms with E-state index >= 15 is 0 Å². The Labute approximate surface area is 194 Å². The minimum atomic E-state index is -1.83. The van der Waals surface area contributed by atoms with E-state index in [9.17, 15) is 19.8 Å². The molecule has 0 bridgehead atoms. The van der Waals surface area contributed by atoms with Crippen LogP contribution >= 0.6 is 0 Å². The molecule has 1 rings (SSSR count). The van der Waals surface area contributed by atoms with E-state index in [1.165, 1.54) is 32.1 Å². The number of rotatable bonds is 13. The summed E-state index contributed by atoms with van der Waals surface area (Å²) < 4.78 is 0. The van der Waals surface area contributed by atoms with Gasteiger partial charge in [0.15, 0.2) is 5.41 Å². The molecule has 25 heavy (non-hydrogen) atoms. The third-order valence-electron chi connectivity index (χ3n) is 4.65. The molecule has 0 aliphatic rings. The van der Waals surface area contributed by atoms with Crippen LogP contribution in [0.4, 0.5) is 0 Å². The SMILES string of the molecule is CCCCCCCCCCCC(C(=O)O)(C(=O)O)c1ccccc1.[Ba+2].[H-].[H-]. The van der Waals surface area contributed by atoms with Crippen molar-refractivity contribution >= 4 is 60.8 Å². The monoisotopic (exact) mass is 474 g/mol. The van der Waals surface area contributed by atoms with Crippen molar-refractivity contribution in [3.63, 3.8) is 0 Å². The van der Waals surface area contributed by atoms with Gasteiger partial charge in [0.25, 0.3) is 0 Å². The van der Waals surface area contributed by atoms with E-state index in [1.54, 1.807) is 30.3 Å². The van der Waals surface area contributed by atoms with Crippen molar-refractivity contribution in [1.29, 1.82) is 0 Å². The summed E-state index contributed by atoms with van der Waals surface area (Å²) in [5.74, 6) is -2.55. The molecule has 0 fully saturated rings. The standard InChI is InChI=1S/C20H30O4.Ba.2H/c1-2-3-4-5-6-7-8-9-13-16-20(18(21)22,19(23)24)17-14-11-10-12-15-17;;;/h10-12,14-15H,2-9,13,16H2,1H3,(H,21,22)(H,23,24);;;/q;+2;2*-1. The first-order chi connectivity index (χ1) is 11.6. The van der Waals surface area contributed by atoms with Gasteiger partial charge < -0.3 is 13.1 Å². The van der Waals surface area contributed by atoms with Gasteiger partial charge >= 0.3 is 60.8 Å². The Balaban J connectivity index is -0.00000192. The zero-order valence-electron chi connectivity index (χ0n) is 17.4. The fourth-order valence-corrected chi connectivity index (χ4v) is 3.12. The minimum absolute atomic E-state index is 0. The van der Waals surface area contributed by atoms with Gasteiger partial charge in [-0.25, -0.2) is 0 Å². The van der Waals surface area contributed by atoms with Crippen molar-refractivity contribution in [1.82, 2.24) is 0 Å². The van der Waals surface area contributed by atoms with E-state index in [4.69, 9.17) is 0 Å². The van der Waals surface area contributed by atoms with Crippen LogP contribution in [0.15, 0.2) is 30.3 Å². The van der Waals surface area contributed by atoms with Gasteiger partial charge in [-0.15, -0.1) is 0 Å². The smallest absolute Gasteiger partial charge is 1.00 e. The molecule has 2 N–H and O–H groups in total. The van der Waals surface area contributed by atoms with Gasteiger partial charge in [-0.2, -0.15) is 0 Å². The Morgan fingerprint density at radius 3 is 1.72 bits per heavy atom. The van der Waals surface area contributed by atoms with Crippen LogP contribution < -0.4 is 0 Å². The summed E-state index contributed by atoms with van der Waals surface area (Å²) in [4.78, 5) is 23.5. The summed E-state index contributed by atoms with van der Waals surface area (Å²) in [6, 6.07) is 8.32. The molecule has 4 nitrogen and oxygen atoms in total. The summed E-state index contributed by atoms with van der Waals surface area (Å²) in [5.41, 5.74) is -1.48. The molecule has 0 unspecified atom stereocenters. The molecule has 0 spiro atoms. The fraction of sp³-hybridized carbons (Fsp3) is 0.600. The van der Waals surface area contributed by atoms with Crippen molar-refractivity contribution in [3.05, 3.63) is 35.9 Å². The van der Waals surface area contributed by atoms with E-state index in [0.717, 1.165) is 19.3 Å². The molecule has 0 aliphatic heterocycles. The zero-order chi connectivity index (χ0) is 17.8. The molecule has 0 aliphatic carbocycles. The van der Waals surface area contributed by atoms with Gasteiger partial charge in [-0.3, -0.25) is 9.59 Å². The second-order valence-corrected chi connectivity index (χ2v) is 6.46. The second kappa shape index (κ2) is 13.9. The molecule has 0 heterocycles. The average Bonchev–Trinajstić information content (AvgIpc) is 2.57. The van der Waals surface area contributed by atoms with E-state index in [1.807, 2.05) is 0 Å². The van der Waals surface area contributed by atoms with E-state index in [0.29, 0.717) is 12.0 Å². The first-order valence-electron chi connectivity index (χ1n) is 9.08. The molecule has 1 aromatic rings. The van der Waals surface area contributed by atoms with Crippen LogP contribution in [0.3, 0.4) is 0 Å². The van der Waals surface area contributed by atoms with Crippen molar-refractivity contribution in [2.45, 2.75) is 76.5 Å². The number of carboxylic acid groups (broad SMARTS) is 2. The normalized spacial score (nSPS) is 10.9. The molecule has 0 radical (unpaired) electrons. The molecule has 5 heteroatoms. The molecule has 0 atom stereocenters. The van der Waals surface area contributed by atoms with Crippen molar-refractivity contribution in [3.8, 4) is 0 Å². The molecule has 0 saturated heterocycles. The van der Waals surface area contributed by atoms with Crippen molar-refractivity contribution in [2.24, 2.45) is 0 Å². The number of carboxylic acids is 2. The van der Waals surface area contributed by atoms with Crippen LogP contribution in [0.1, 0.15) is 79.5 Å². The van der Waals surface area contributed by atoms with Gasteiger partial charge in [0.1, 0.15) is 0 Å². The van der Waals surface area contributed by atoms with E-state index < -0.39 is 17.4 Å². The van der Waals surface area contributed by atoms with Crippen LogP contribution in [0.2, 0.25) is 0 Å². The van der Waals surface area contributed by atoms with Crippen LogP contribution in [0.5, 0.6) is 0 Å². The van der Waals surface area contributed by atoms with Gasteiger partial charge in [-0.1, -0.05) is 95.0 Å². The van der Waals surface area contributed by atoms with Crippen molar-refractivity contribution < 1.29 is 22.7 Å². The number of hydrogen-bond acceptors (Lipinski definition) is 2. The molecular weight excluding hydrogens is 442 g/mol. The van der Waals surface area contributed by atoms with Gasteiger partial charge in [-0.05, 0) is 12.0 Å². The van der Waals surface area contributed by atoms with Crippen LogP contribution in [-0.2, 0) is 15.0 Å². The third-order valence-corrected chi connectivity index (χ3v) is 4.65. The molecule has 1 aromatic carbocycles. The summed E-state index contributed by atoms with van der Waals surface area (Å²) >= 11 is 0. The summed E-state index contributed by atoms with van der Waals surface area (Å²) in [7, 11) is 0. The average molecular weight is 474 g/mol. The maximum absolute atomic E-state index is 11.7. The number of aliphatic carboxylic acids is 2. The first kappa shape index (κ1) is 24.7. The predicted octanol–water partition coefficient (Wildman–Crippen LogP) is 4.86. The summed E-state index contributed by atoms with van der Waals surface area (Å²) in [6.07, 6.45) is 10.1. The maximum Gasteiger partial charge on any atom is 2.00 e. The fourth-order valence-electron chi connectivity index (χ4n) is 3.12. The van der Waals surface area contributed by atoms with Gasteiger partial charge in [0.05, 0.1) is 0 Å². The Morgan fingerprint density at radius 1 is 0.840 bits per heavy atom. The predicted molar refractivity (Wildman–Crippen MR) is 103 cm³/mol. The molecule has 0 saturated carbocycles. The maximum atomic E-state index is 11.7. The minimum Gasteiger partial charge on any atom is -1.00 e. The molecule has 0 amide bonds. The van der Waals surface area contributed by atoms with Crippen LogP contribution in [0.25, 0.3) is 0 Å². The number of hydrogen-bond donors (Lipinski definition) is 2. The van der Waals surface area contributed by atoms with E-state index in [-0.39, 0.29) is 58.2 Å². The quantitative estimate of drug-likeness (QED) is 0.244. The third kappa shape index (κ3) is 7.87. The van der Waals surface area contributed by atoms with E-state index in [2.05, 4.69) is 6.92 Å². The van der Waals surface area contributed by atoms with Crippen LogP contribution in [-0.4, -0.2) is 71.0 Å². The van der Waals surface area contributed by atoms with Gasteiger partial charge in [0.2, 0.25) is 0 Å². The summed E-state index contributed by atoms with van der Waals surface area (Å²) in [6.45, 7) is 2.20.